The first-order valence-electron chi connectivity index (χ1n) is 26.0. The first-order chi connectivity index (χ1) is 28.5. The van der Waals surface area contributed by atoms with Crippen LogP contribution in [0.5, 0.6) is 0 Å². The van der Waals surface area contributed by atoms with E-state index in [9.17, 15) is 14.4 Å². The molecule has 0 unspecified atom stereocenters. The Kier molecular flexibility index (Phi) is 46.8. The van der Waals surface area contributed by atoms with Gasteiger partial charge in [0.25, 0.3) is 0 Å². The monoisotopic (exact) mass is 821 g/mol. The Morgan fingerprint density at radius 2 is 0.466 bits per heavy atom. The van der Waals surface area contributed by atoms with Crippen LogP contribution in [0.25, 0.3) is 0 Å². The van der Waals surface area contributed by atoms with Gasteiger partial charge in [-0.25, -0.2) is 0 Å². The van der Waals surface area contributed by atoms with Crippen molar-refractivity contribution in [2.45, 2.75) is 303 Å². The third kappa shape index (κ3) is 45.5. The van der Waals surface area contributed by atoms with Gasteiger partial charge >= 0.3 is 17.9 Å². The first kappa shape index (κ1) is 56.4. The summed E-state index contributed by atoms with van der Waals surface area (Å²) >= 11 is 0. The fraction of sp³-hybridized carbons (Fsp3) is 0.942. The van der Waals surface area contributed by atoms with E-state index in [4.69, 9.17) is 14.2 Å². The van der Waals surface area contributed by atoms with Crippen LogP contribution in [0, 0.1) is 0 Å². The van der Waals surface area contributed by atoms with Gasteiger partial charge in [-0.1, -0.05) is 258 Å². The van der Waals surface area contributed by atoms with Crippen LogP contribution in [0.3, 0.4) is 0 Å². The number of hydrogen-bond donors (Lipinski definition) is 0. The van der Waals surface area contributed by atoms with E-state index < -0.39 is 6.10 Å². The Balaban J connectivity index is 4.29. The van der Waals surface area contributed by atoms with E-state index in [1.807, 2.05) is 0 Å². The number of ether oxygens (including phenoxy) is 3. The number of hydrogen-bond acceptors (Lipinski definition) is 6. The second-order valence-electron chi connectivity index (χ2n) is 17.8. The van der Waals surface area contributed by atoms with Crippen molar-refractivity contribution < 1.29 is 28.6 Å². The Morgan fingerprint density at radius 3 is 0.690 bits per heavy atom. The average Bonchev–Trinajstić information content (AvgIpc) is 3.22. The molecule has 344 valence electrons. The van der Waals surface area contributed by atoms with Crippen molar-refractivity contribution in [2.24, 2.45) is 0 Å². The highest BCUT2D eigenvalue weighted by Gasteiger charge is 2.19. The summed E-state index contributed by atoms with van der Waals surface area (Å²) in [6.45, 7) is 6.68. The van der Waals surface area contributed by atoms with Gasteiger partial charge in [0, 0.05) is 19.3 Å². The highest BCUT2D eigenvalue weighted by Crippen LogP contribution is 2.17. The first-order valence-corrected chi connectivity index (χ1v) is 26.0. The summed E-state index contributed by atoms with van der Waals surface area (Å²) in [5.41, 5.74) is 0. The van der Waals surface area contributed by atoms with Gasteiger partial charge < -0.3 is 14.2 Å². The predicted octanol–water partition coefficient (Wildman–Crippen LogP) is 16.8. The lowest BCUT2D eigenvalue weighted by Crippen LogP contribution is -2.30. The van der Waals surface area contributed by atoms with Crippen LogP contribution in [0.15, 0.2) is 0 Å². The van der Waals surface area contributed by atoms with Gasteiger partial charge in [-0.2, -0.15) is 0 Å². The lowest BCUT2D eigenvalue weighted by molar-refractivity contribution is -0.167. The maximum Gasteiger partial charge on any atom is 0.306 e. The van der Waals surface area contributed by atoms with Crippen molar-refractivity contribution in [3.63, 3.8) is 0 Å². The molecule has 1 atom stereocenters. The molecule has 0 aromatic rings. The third-order valence-electron chi connectivity index (χ3n) is 11.9. The summed E-state index contributed by atoms with van der Waals surface area (Å²) in [4.78, 5) is 37.9. The minimum absolute atomic E-state index is 0.0617. The Labute approximate surface area is 361 Å². The van der Waals surface area contributed by atoms with E-state index in [0.717, 1.165) is 57.8 Å². The van der Waals surface area contributed by atoms with Crippen molar-refractivity contribution in [3.05, 3.63) is 0 Å². The maximum absolute atomic E-state index is 12.8. The zero-order valence-electron chi connectivity index (χ0n) is 39.3. The van der Waals surface area contributed by atoms with Crippen molar-refractivity contribution >= 4 is 17.9 Å². The molecular weight excluding hydrogens is 721 g/mol. The number of carbonyl (C=O) groups is 3. The van der Waals surface area contributed by atoms with Crippen LogP contribution in [-0.2, 0) is 28.6 Å². The van der Waals surface area contributed by atoms with Crippen LogP contribution >= 0.6 is 0 Å². The quantitative estimate of drug-likeness (QED) is 0.0346. The fourth-order valence-corrected chi connectivity index (χ4v) is 7.92. The molecule has 6 nitrogen and oxygen atoms in total. The van der Waals surface area contributed by atoms with Gasteiger partial charge in [-0.05, 0) is 19.3 Å². The topological polar surface area (TPSA) is 78.9 Å². The summed E-state index contributed by atoms with van der Waals surface area (Å²) in [7, 11) is 0. The fourth-order valence-electron chi connectivity index (χ4n) is 7.92. The van der Waals surface area contributed by atoms with Gasteiger partial charge in [0.15, 0.2) is 6.10 Å². The number of carbonyl (C=O) groups excluding carboxylic acids is 3. The van der Waals surface area contributed by atoms with E-state index in [1.54, 1.807) is 0 Å². The number of esters is 3. The molecule has 0 spiro atoms. The van der Waals surface area contributed by atoms with E-state index in [1.165, 1.54) is 199 Å². The number of unbranched alkanes of at least 4 members (excludes halogenated alkanes) is 37. The van der Waals surface area contributed by atoms with E-state index in [-0.39, 0.29) is 31.1 Å². The highest BCUT2D eigenvalue weighted by molar-refractivity contribution is 5.71. The molecule has 0 saturated carbocycles. The smallest absolute Gasteiger partial charge is 0.306 e. The van der Waals surface area contributed by atoms with Gasteiger partial charge in [0.05, 0.1) is 0 Å². The summed E-state index contributed by atoms with van der Waals surface area (Å²) in [6.07, 6.45) is 50.8. The molecule has 0 amide bonds. The van der Waals surface area contributed by atoms with Gasteiger partial charge in [-0.3, -0.25) is 14.4 Å². The second-order valence-corrected chi connectivity index (χ2v) is 17.8. The largest absolute Gasteiger partial charge is 0.462 e. The Morgan fingerprint density at radius 1 is 0.276 bits per heavy atom. The standard InChI is InChI=1S/C52H100O6/c1-4-7-10-13-16-19-22-25-26-28-31-33-36-39-42-45-51(54)57-48-49(58-52(55)46-43-40-37-34-29-24-21-18-15-12-9-6-3)47-56-50(53)44-41-38-35-32-30-27-23-20-17-14-11-8-5-2/h49H,4-48H2,1-3H3/t49-/m0/s1. The van der Waals surface area contributed by atoms with Gasteiger partial charge in [0.2, 0.25) is 0 Å². The zero-order valence-corrected chi connectivity index (χ0v) is 39.3. The van der Waals surface area contributed by atoms with Crippen molar-refractivity contribution in [2.75, 3.05) is 13.2 Å². The van der Waals surface area contributed by atoms with Crippen LogP contribution in [0.2, 0.25) is 0 Å². The van der Waals surface area contributed by atoms with Crippen LogP contribution in [-0.4, -0.2) is 37.2 Å². The van der Waals surface area contributed by atoms with Crippen molar-refractivity contribution in [3.8, 4) is 0 Å². The van der Waals surface area contributed by atoms with E-state index in [0.29, 0.717) is 19.3 Å². The molecule has 0 saturated heterocycles. The molecule has 0 aromatic heterocycles. The molecule has 0 aromatic carbocycles. The van der Waals surface area contributed by atoms with Gasteiger partial charge in [0.1, 0.15) is 13.2 Å². The molecule has 0 rings (SSSR count). The van der Waals surface area contributed by atoms with Crippen LogP contribution < -0.4 is 0 Å². The predicted molar refractivity (Wildman–Crippen MR) is 247 cm³/mol. The Bertz CT molecular complexity index is 859. The minimum atomic E-state index is -0.759. The highest BCUT2D eigenvalue weighted by atomic mass is 16.6. The van der Waals surface area contributed by atoms with Crippen molar-refractivity contribution in [1.82, 2.24) is 0 Å². The Hall–Kier alpha value is -1.59. The molecule has 0 aliphatic carbocycles. The lowest BCUT2D eigenvalue weighted by Gasteiger charge is -2.18. The molecule has 6 heteroatoms. The number of rotatable bonds is 48. The average molecular weight is 821 g/mol. The summed E-state index contributed by atoms with van der Waals surface area (Å²) in [5, 5.41) is 0. The molecule has 0 heterocycles. The molecule has 0 radical (unpaired) electrons. The molecule has 0 N–H and O–H groups in total. The van der Waals surface area contributed by atoms with E-state index >= 15 is 0 Å². The minimum Gasteiger partial charge on any atom is -0.462 e. The molecule has 0 fully saturated rings. The van der Waals surface area contributed by atoms with Gasteiger partial charge in [-0.15, -0.1) is 0 Å². The third-order valence-corrected chi connectivity index (χ3v) is 11.9. The zero-order chi connectivity index (χ0) is 42.3. The molecular formula is C52H100O6. The van der Waals surface area contributed by atoms with E-state index in [2.05, 4.69) is 20.8 Å². The molecule has 0 aliphatic rings. The SMILES string of the molecule is CCCCCCCCCCCCCCCCCC(=O)OC[C@H](COC(=O)CCCCCCCCCCCCCCC)OC(=O)CCCCCCCCCCCCCC. The molecule has 58 heavy (non-hydrogen) atoms. The molecule has 0 bridgehead atoms. The van der Waals surface area contributed by atoms with Crippen LogP contribution in [0.4, 0.5) is 0 Å². The lowest BCUT2D eigenvalue weighted by atomic mass is 10.0. The van der Waals surface area contributed by atoms with Crippen LogP contribution in [0.1, 0.15) is 297 Å². The normalized spacial score (nSPS) is 11.8. The van der Waals surface area contributed by atoms with Crippen molar-refractivity contribution in [1.29, 1.82) is 0 Å². The molecule has 0 aliphatic heterocycles. The summed E-state index contributed by atoms with van der Waals surface area (Å²) < 4.78 is 16.8. The maximum atomic E-state index is 12.8. The second kappa shape index (κ2) is 48.1. The summed E-state index contributed by atoms with van der Waals surface area (Å²) in [5.74, 6) is -0.840. The summed E-state index contributed by atoms with van der Waals surface area (Å²) in [6, 6.07) is 0.